The summed E-state index contributed by atoms with van der Waals surface area (Å²) in [5, 5.41) is 0.674. The predicted octanol–water partition coefficient (Wildman–Crippen LogP) is 2.90. The zero-order valence-electron chi connectivity index (χ0n) is 11.7. The molecule has 0 bridgehead atoms. The van der Waals surface area contributed by atoms with Gasteiger partial charge in [-0.05, 0) is 56.0 Å². The molecule has 0 atom stereocenters. The van der Waals surface area contributed by atoms with Gasteiger partial charge in [0.25, 0.3) is 5.91 Å². The van der Waals surface area contributed by atoms with Crippen molar-refractivity contribution in [1.29, 1.82) is 0 Å². The molecule has 20 heavy (non-hydrogen) atoms. The van der Waals surface area contributed by atoms with E-state index in [0.29, 0.717) is 5.02 Å². The van der Waals surface area contributed by atoms with Gasteiger partial charge in [0, 0.05) is 36.8 Å². The Morgan fingerprint density at radius 3 is 2.55 bits per heavy atom. The first-order valence-corrected chi connectivity index (χ1v) is 7.87. The van der Waals surface area contributed by atoms with Crippen molar-refractivity contribution in [1.82, 2.24) is 9.80 Å². The number of nitrogens with zero attached hydrogens (tertiary/aromatic N) is 2. The molecule has 4 heteroatoms. The summed E-state index contributed by atoms with van der Waals surface area (Å²) >= 11 is 5.87. The van der Waals surface area contributed by atoms with Gasteiger partial charge in [0.05, 0.1) is 0 Å². The first kappa shape index (κ1) is 13.9. The van der Waals surface area contributed by atoms with E-state index in [4.69, 9.17) is 11.6 Å². The Morgan fingerprint density at radius 1 is 1.10 bits per heavy atom. The Bertz CT molecular complexity index is 470. The molecule has 0 aromatic heterocycles. The van der Waals surface area contributed by atoms with Crippen LogP contribution in [0.1, 0.15) is 29.6 Å². The molecule has 1 saturated carbocycles. The molecule has 1 amide bonds. The van der Waals surface area contributed by atoms with Gasteiger partial charge in [0.15, 0.2) is 0 Å². The molecule has 3 rings (SSSR count). The summed E-state index contributed by atoms with van der Waals surface area (Å²) in [6, 6.07) is 7.20. The van der Waals surface area contributed by atoms with Crippen LogP contribution < -0.4 is 0 Å². The second-order valence-corrected chi connectivity index (χ2v) is 6.33. The van der Waals surface area contributed by atoms with Crippen LogP contribution in [-0.2, 0) is 0 Å². The van der Waals surface area contributed by atoms with E-state index < -0.39 is 0 Å². The number of amides is 1. The van der Waals surface area contributed by atoms with Crippen molar-refractivity contribution in [3.63, 3.8) is 0 Å². The molecule has 1 saturated heterocycles. The highest BCUT2D eigenvalue weighted by molar-refractivity contribution is 6.30. The third-order valence-corrected chi connectivity index (χ3v) is 4.43. The normalized spacial score (nSPS) is 20.8. The number of carbonyl (C=O) groups is 1. The standard InChI is InChI=1S/C16H21ClN2O/c17-15-6-4-14(5-7-15)16(20)19-9-1-8-18(10-11-19)12-13-2-3-13/h4-7,13H,1-3,8-12H2. The van der Waals surface area contributed by atoms with Crippen LogP contribution in [-0.4, -0.2) is 48.4 Å². The molecule has 1 aromatic carbocycles. The SMILES string of the molecule is O=C(c1ccc(Cl)cc1)N1CCCN(CC2CC2)CC1. The minimum atomic E-state index is 0.134. The monoisotopic (exact) mass is 292 g/mol. The van der Waals surface area contributed by atoms with Gasteiger partial charge in [0.2, 0.25) is 0 Å². The number of carbonyl (C=O) groups excluding carboxylic acids is 1. The van der Waals surface area contributed by atoms with Gasteiger partial charge >= 0.3 is 0 Å². The van der Waals surface area contributed by atoms with E-state index in [1.54, 1.807) is 12.1 Å². The van der Waals surface area contributed by atoms with Crippen molar-refractivity contribution in [2.75, 3.05) is 32.7 Å². The third-order valence-electron chi connectivity index (χ3n) is 4.18. The summed E-state index contributed by atoms with van der Waals surface area (Å²) in [7, 11) is 0. The van der Waals surface area contributed by atoms with Crippen molar-refractivity contribution < 1.29 is 4.79 Å². The van der Waals surface area contributed by atoms with Gasteiger partial charge in [-0.15, -0.1) is 0 Å². The minimum Gasteiger partial charge on any atom is -0.337 e. The smallest absolute Gasteiger partial charge is 0.253 e. The lowest BCUT2D eigenvalue weighted by Gasteiger charge is -2.22. The van der Waals surface area contributed by atoms with Crippen LogP contribution in [0.25, 0.3) is 0 Å². The molecule has 3 nitrogen and oxygen atoms in total. The number of rotatable bonds is 3. The highest BCUT2D eigenvalue weighted by atomic mass is 35.5. The minimum absolute atomic E-state index is 0.134. The summed E-state index contributed by atoms with van der Waals surface area (Å²) in [5.41, 5.74) is 0.741. The van der Waals surface area contributed by atoms with Crippen LogP contribution in [0.2, 0.25) is 5.02 Å². The van der Waals surface area contributed by atoms with Gasteiger partial charge < -0.3 is 9.80 Å². The zero-order chi connectivity index (χ0) is 13.9. The summed E-state index contributed by atoms with van der Waals surface area (Å²) in [6.45, 7) is 5.07. The van der Waals surface area contributed by atoms with Crippen LogP contribution in [0.15, 0.2) is 24.3 Å². The van der Waals surface area contributed by atoms with E-state index in [1.165, 1.54) is 19.4 Å². The molecule has 1 aromatic rings. The van der Waals surface area contributed by atoms with E-state index in [0.717, 1.165) is 44.1 Å². The molecule has 2 aliphatic rings. The first-order chi connectivity index (χ1) is 9.72. The average molecular weight is 293 g/mol. The second-order valence-electron chi connectivity index (χ2n) is 5.90. The van der Waals surface area contributed by atoms with Crippen LogP contribution in [0.4, 0.5) is 0 Å². The van der Waals surface area contributed by atoms with E-state index in [2.05, 4.69) is 4.90 Å². The zero-order valence-corrected chi connectivity index (χ0v) is 12.5. The maximum atomic E-state index is 12.5. The number of benzene rings is 1. The summed E-state index contributed by atoms with van der Waals surface area (Å²) < 4.78 is 0. The van der Waals surface area contributed by atoms with Gasteiger partial charge in [-0.25, -0.2) is 0 Å². The molecule has 0 unspecified atom stereocenters. The van der Waals surface area contributed by atoms with Crippen LogP contribution in [0.5, 0.6) is 0 Å². The summed E-state index contributed by atoms with van der Waals surface area (Å²) in [6.07, 6.45) is 3.86. The molecule has 0 radical (unpaired) electrons. The topological polar surface area (TPSA) is 23.6 Å². The fourth-order valence-corrected chi connectivity index (χ4v) is 2.92. The molecule has 108 valence electrons. The largest absolute Gasteiger partial charge is 0.337 e. The summed E-state index contributed by atoms with van der Waals surface area (Å²) in [5.74, 6) is 1.06. The van der Waals surface area contributed by atoms with E-state index >= 15 is 0 Å². The van der Waals surface area contributed by atoms with Crippen LogP contribution >= 0.6 is 11.6 Å². The Labute approximate surface area is 125 Å². The molecule has 0 spiro atoms. The Morgan fingerprint density at radius 2 is 1.85 bits per heavy atom. The van der Waals surface area contributed by atoms with Gasteiger partial charge in [0.1, 0.15) is 0 Å². The molecule has 1 heterocycles. The quantitative estimate of drug-likeness (QED) is 0.855. The first-order valence-electron chi connectivity index (χ1n) is 7.49. The Kier molecular flexibility index (Phi) is 4.27. The maximum absolute atomic E-state index is 12.5. The third kappa shape index (κ3) is 3.53. The highest BCUT2D eigenvalue weighted by Crippen LogP contribution is 2.30. The van der Waals surface area contributed by atoms with E-state index in [9.17, 15) is 4.79 Å². The lowest BCUT2D eigenvalue weighted by atomic mass is 10.2. The molecule has 0 N–H and O–H groups in total. The second kappa shape index (κ2) is 6.15. The lowest BCUT2D eigenvalue weighted by molar-refractivity contribution is 0.0761. The van der Waals surface area contributed by atoms with Crippen molar-refractivity contribution in [2.45, 2.75) is 19.3 Å². The number of halogens is 1. The number of hydrogen-bond acceptors (Lipinski definition) is 2. The van der Waals surface area contributed by atoms with Crippen molar-refractivity contribution in [2.24, 2.45) is 5.92 Å². The van der Waals surface area contributed by atoms with Crippen molar-refractivity contribution in [3.05, 3.63) is 34.9 Å². The Hall–Kier alpha value is -1.06. The van der Waals surface area contributed by atoms with Gasteiger partial charge in [-0.3, -0.25) is 4.79 Å². The number of hydrogen-bond donors (Lipinski definition) is 0. The average Bonchev–Trinajstić information content (AvgIpc) is 3.27. The molecular weight excluding hydrogens is 272 g/mol. The van der Waals surface area contributed by atoms with E-state index in [1.807, 2.05) is 17.0 Å². The van der Waals surface area contributed by atoms with E-state index in [-0.39, 0.29) is 5.91 Å². The predicted molar refractivity (Wildman–Crippen MR) is 81.1 cm³/mol. The van der Waals surface area contributed by atoms with Crippen LogP contribution in [0.3, 0.4) is 0 Å². The molecular formula is C16H21ClN2O. The van der Waals surface area contributed by atoms with Gasteiger partial charge in [-0.1, -0.05) is 11.6 Å². The molecule has 1 aliphatic heterocycles. The van der Waals surface area contributed by atoms with Crippen LogP contribution in [0, 0.1) is 5.92 Å². The Balaban J connectivity index is 1.59. The lowest BCUT2D eigenvalue weighted by Crippen LogP contribution is -2.35. The fraction of sp³-hybridized carbons (Fsp3) is 0.562. The fourth-order valence-electron chi connectivity index (χ4n) is 2.80. The van der Waals surface area contributed by atoms with Crippen molar-refractivity contribution >= 4 is 17.5 Å². The maximum Gasteiger partial charge on any atom is 0.253 e. The summed E-state index contributed by atoms with van der Waals surface area (Å²) in [4.78, 5) is 17.0. The molecule has 1 aliphatic carbocycles. The van der Waals surface area contributed by atoms with Gasteiger partial charge in [-0.2, -0.15) is 0 Å². The molecule has 2 fully saturated rings. The van der Waals surface area contributed by atoms with Crippen molar-refractivity contribution in [3.8, 4) is 0 Å². The highest BCUT2D eigenvalue weighted by Gasteiger charge is 2.26.